The molecule has 0 aromatic heterocycles. The fourth-order valence-electron chi connectivity index (χ4n) is 0.933. The van der Waals surface area contributed by atoms with Gasteiger partial charge in [-0.2, -0.15) is 0 Å². The molecule has 1 N–H and O–H groups in total. The maximum absolute atomic E-state index is 10.5. The van der Waals surface area contributed by atoms with Crippen LogP contribution in [0.25, 0.3) is 0 Å². The fraction of sp³-hybridized carbons (Fsp3) is 0.143. The van der Waals surface area contributed by atoms with E-state index in [4.69, 9.17) is 39.4 Å². The number of hydrogen-bond donors (Lipinski definition) is 1. The number of non-ortho nitro benzene ring substituents is 1. The topological polar surface area (TPSA) is 63.4 Å². The van der Waals surface area contributed by atoms with Gasteiger partial charge in [-0.25, -0.2) is 0 Å². The molecule has 9 heteroatoms. The number of halogens is 4. The van der Waals surface area contributed by atoms with Gasteiger partial charge < -0.3 is 4.55 Å². The molecule has 0 saturated carbocycles. The van der Waals surface area contributed by atoms with E-state index in [0.29, 0.717) is 12.0 Å². The van der Waals surface area contributed by atoms with E-state index >= 15 is 0 Å². The smallest absolute Gasteiger partial charge is 0.269 e. The highest BCUT2D eigenvalue weighted by Crippen LogP contribution is 2.43. The highest BCUT2D eigenvalue weighted by molar-refractivity contribution is 7.93. The molecule has 0 spiro atoms. The van der Waals surface area contributed by atoms with Gasteiger partial charge >= 0.3 is 0 Å². The summed E-state index contributed by atoms with van der Waals surface area (Å²) in [5.41, 5.74) is -0.122. The Morgan fingerprint density at radius 1 is 1.38 bits per heavy atom. The summed E-state index contributed by atoms with van der Waals surface area (Å²) in [7, 11) is 0. The Bertz CT molecular complexity index is 396. The molecule has 0 aliphatic carbocycles. The summed E-state index contributed by atoms with van der Waals surface area (Å²) in [6, 6.07) is 3.66. The maximum Gasteiger partial charge on any atom is 0.269 e. The van der Waals surface area contributed by atoms with E-state index in [0.717, 1.165) is 6.07 Å². The van der Waals surface area contributed by atoms with Gasteiger partial charge in [-0.1, -0.05) is 34.8 Å². The van der Waals surface area contributed by atoms with Crippen LogP contribution < -0.4 is 0 Å². The Kier molecular flexibility index (Phi) is 6.17. The Hall–Kier alpha value is 0.0900. The van der Waals surface area contributed by atoms with E-state index in [1.165, 1.54) is 12.1 Å². The molecule has 0 amide bonds. The van der Waals surface area contributed by atoms with Crippen molar-refractivity contribution in [2.45, 2.75) is 8.69 Å². The summed E-state index contributed by atoms with van der Waals surface area (Å²) in [6.45, 7) is 0. The number of nitro benzene ring substituents is 1. The number of nitrogens with zero attached hydrogens (tertiary/aromatic N) is 1. The standard InChI is InChI=1S/C7H4Cl3NO3S.ClH/c8-7(9,10)5-3-4(11(12)13)1-2-6(5)15-14;/h1-3,14H;1H. The fourth-order valence-corrected chi connectivity index (χ4v) is 2.01. The van der Waals surface area contributed by atoms with Gasteiger partial charge in [-0.05, 0) is 6.07 Å². The van der Waals surface area contributed by atoms with E-state index in [1.54, 1.807) is 0 Å². The number of benzene rings is 1. The van der Waals surface area contributed by atoms with Crippen LogP contribution in [-0.4, -0.2) is 9.48 Å². The average molecular weight is 325 g/mol. The van der Waals surface area contributed by atoms with Crippen LogP contribution in [0.5, 0.6) is 0 Å². The molecule has 1 aromatic rings. The monoisotopic (exact) mass is 323 g/mol. The van der Waals surface area contributed by atoms with Crippen molar-refractivity contribution in [3.8, 4) is 0 Å². The molecule has 1 rings (SSSR count). The van der Waals surface area contributed by atoms with Crippen LogP contribution in [-0.2, 0) is 3.79 Å². The molecule has 0 unspecified atom stereocenters. The van der Waals surface area contributed by atoms with Gasteiger partial charge in [0.15, 0.2) is 0 Å². The van der Waals surface area contributed by atoms with Crippen molar-refractivity contribution in [2.24, 2.45) is 0 Å². The van der Waals surface area contributed by atoms with Crippen LogP contribution in [0.2, 0.25) is 0 Å². The van der Waals surface area contributed by atoms with E-state index in [1.807, 2.05) is 0 Å². The largest absolute Gasteiger partial charge is 0.325 e. The minimum absolute atomic E-state index is 0. The summed E-state index contributed by atoms with van der Waals surface area (Å²) >= 11 is 17.2. The third-order valence-corrected chi connectivity index (χ3v) is 2.74. The van der Waals surface area contributed by atoms with Gasteiger partial charge in [0.2, 0.25) is 3.79 Å². The molecule has 0 saturated heterocycles. The molecule has 16 heavy (non-hydrogen) atoms. The van der Waals surface area contributed by atoms with E-state index < -0.39 is 8.72 Å². The van der Waals surface area contributed by atoms with E-state index in [9.17, 15) is 10.1 Å². The van der Waals surface area contributed by atoms with E-state index in [2.05, 4.69) is 0 Å². The molecule has 0 fully saturated rings. The van der Waals surface area contributed by atoms with Crippen LogP contribution in [0.4, 0.5) is 5.69 Å². The highest BCUT2D eigenvalue weighted by atomic mass is 35.6. The first-order valence-electron chi connectivity index (χ1n) is 3.53. The second-order valence-corrected chi connectivity index (χ2v) is 5.43. The molecule has 90 valence electrons. The summed E-state index contributed by atoms with van der Waals surface area (Å²) in [4.78, 5) is 10.1. The molecule has 0 aliphatic rings. The molecular weight excluding hydrogens is 320 g/mol. The molecule has 0 bridgehead atoms. The maximum atomic E-state index is 10.5. The van der Waals surface area contributed by atoms with Crippen LogP contribution >= 0.6 is 59.3 Å². The van der Waals surface area contributed by atoms with Crippen molar-refractivity contribution >= 4 is 64.9 Å². The Morgan fingerprint density at radius 2 is 1.94 bits per heavy atom. The van der Waals surface area contributed by atoms with Crippen LogP contribution in [0.15, 0.2) is 23.1 Å². The lowest BCUT2D eigenvalue weighted by atomic mass is 10.2. The second kappa shape index (κ2) is 6.14. The Balaban J connectivity index is 0.00000225. The SMILES string of the molecule is Cl.O=[N+]([O-])c1ccc(SO)c(C(Cl)(Cl)Cl)c1. The lowest BCUT2D eigenvalue weighted by Crippen LogP contribution is -2.03. The molecule has 1 aromatic carbocycles. The first kappa shape index (κ1) is 16.1. The quantitative estimate of drug-likeness (QED) is 0.379. The summed E-state index contributed by atoms with van der Waals surface area (Å²) in [5.74, 6) is 0. The van der Waals surface area contributed by atoms with Crippen molar-refractivity contribution in [1.82, 2.24) is 0 Å². The van der Waals surface area contributed by atoms with Gasteiger partial charge in [-0.15, -0.1) is 12.4 Å². The molecule has 0 aliphatic heterocycles. The Labute approximate surface area is 117 Å². The third-order valence-electron chi connectivity index (χ3n) is 1.58. The predicted octanol–water partition coefficient (Wildman–Crippen LogP) is 4.41. The van der Waals surface area contributed by atoms with Crippen molar-refractivity contribution in [3.05, 3.63) is 33.9 Å². The first-order valence-corrected chi connectivity index (χ1v) is 5.44. The summed E-state index contributed by atoms with van der Waals surface area (Å²) < 4.78 is 7.07. The molecular formula is C7H5Cl4NO3S. The van der Waals surface area contributed by atoms with Crippen molar-refractivity contribution in [2.75, 3.05) is 0 Å². The summed E-state index contributed by atoms with van der Waals surface area (Å²) in [6.07, 6.45) is 0. The van der Waals surface area contributed by atoms with Gasteiger partial charge in [0.1, 0.15) is 0 Å². The summed E-state index contributed by atoms with van der Waals surface area (Å²) in [5, 5.41) is 10.5. The number of nitro groups is 1. The number of alkyl halides is 3. The normalized spacial score (nSPS) is 10.8. The van der Waals surface area contributed by atoms with Gasteiger partial charge in [-0.3, -0.25) is 10.1 Å². The van der Waals surface area contributed by atoms with Gasteiger partial charge in [0.05, 0.1) is 4.92 Å². The lowest BCUT2D eigenvalue weighted by Gasteiger charge is -2.13. The zero-order chi connectivity index (χ0) is 11.6. The molecule has 0 heterocycles. The molecule has 0 radical (unpaired) electrons. The number of hydrogen-bond acceptors (Lipinski definition) is 4. The second-order valence-electron chi connectivity index (χ2n) is 2.53. The van der Waals surface area contributed by atoms with Crippen molar-refractivity contribution < 1.29 is 9.48 Å². The predicted molar refractivity (Wildman–Crippen MR) is 68.1 cm³/mol. The van der Waals surface area contributed by atoms with Crippen LogP contribution in [0, 0.1) is 10.1 Å². The number of rotatable bonds is 2. The zero-order valence-electron chi connectivity index (χ0n) is 7.39. The minimum atomic E-state index is -1.81. The molecule has 0 atom stereocenters. The van der Waals surface area contributed by atoms with Crippen molar-refractivity contribution in [1.29, 1.82) is 0 Å². The first-order chi connectivity index (χ1) is 6.86. The van der Waals surface area contributed by atoms with Crippen LogP contribution in [0.1, 0.15) is 5.56 Å². The van der Waals surface area contributed by atoms with E-state index in [-0.39, 0.29) is 28.6 Å². The van der Waals surface area contributed by atoms with Gasteiger partial charge in [0.25, 0.3) is 5.69 Å². The zero-order valence-corrected chi connectivity index (χ0v) is 11.3. The van der Waals surface area contributed by atoms with Crippen LogP contribution in [0.3, 0.4) is 0 Å². The third kappa shape index (κ3) is 3.84. The molecule has 4 nitrogen and oxygen atoms in total. The minimum Gasteiger partial charge on any atom is -0.325 e. The van der Waals surface area contributed by atoms with Gasteiger partial charge in [0, 0.05) is 34.6 Å². The highest BCUT2D eigenvalue weighted by Gasteiger charge is 2.28. The Morgan fingerprint density at radius 3 is 2.31 bits per heavy atom. The van der Waals surface area contributed by atoms with Crippen molar-refractivity contribution in [3.63, 3.8) is 0 Å². The average Bonchev–Trinajstić information content (AvgIpc) is 2.15. The lowest BCUT2D eigenvalue weighted by molar-refractivity contribution is -0.385.